The van der Waals surface area contributed by atoms with Crippen molar-refractivity contribution in [3.8, 4) is 0 Å². The minimum absolute atomic E-state index is 0. The van der Waals surface area contributed by atoms with Gasteiger partial charge in [0.2, 0.25) is 0 Å². The Bertz CT molecular complexity index is 628. The second-order valence-corrected chi connectivity index (χ2v) is 8.08. The predicted molar refractivity (Wildman–Crippen MR) is 107 cm³/mol. The molecule has 2 spiro atoms. The Balaban J connectivity index is 0.00000210. The largest absolute Gasteiger partial charge is 0.383 e. The molecule has 1 aromatic carbocycles. The number of ether oxygens (including phenoxy) is 2. The summed E-state index contributed by atoms with van der Waals surface area (Å²) in [5, 5.41) is 0. The Labute approximate surface area is 168 Å². The van der Waals surface area contributed by atoms with Crippen molar-refractivity contribution in [2.45, 2.75) is 43.3 Å². The Morgan fingerprint density at radius 3 is 2.41 bits per heavy atom. The molecule has 5 nitrogen and oxygen atoms in total. The summed E-state index contributed by atoms with van der Waals surface area (Å²) in [6.07, 6.45) is 4.89. The van der Waals surface area contributed by atoms with Crippen molar-refractivity contribution in [3.05, 3.63) is 35.9 Å². The van der Waals surface area contributed by atoms with Gasteiger partial charge in [0, 0.05) is 39.8 Å². The van der Waals surface area contributed by atoms with Crippen molar-refractivity contribution < 1.29 is 14.3 Å². The molecule has 2 saturated heterocycles. The van der Waals surface area contributed by atoms with Crippen molar-refractivity contribution in [2.75, 3.05) is 46.4 Å². The van der Waals surface area contributed by atoms with Crippen LogP contribution in [0.1, 0.15) is 31.2 Å². The minimum Gasteiger partial charge on any atom is -0.383 e. The molecule has 1 aliphatic carbocycles. The first-order chi connectivity index (χ1) is 12.6. The maximum atomic E-state index is 12.7. The lowest BCUT2D eigenvalue weighted by molar-refractivity contribution is -0.201. The van der Waals surface area contributed by atoms with Gasteiger partial charge < -0.3 is 19.3 Å². The fourth-order valence-electron chi connectivity index (χ4n) is 4.39. The molecular formula is C21H31ClN2O3. The standard InChI is InChI=1S/C21H30N2O3.ClH/c1-25-16-15-23-17-20(26-21(8-9-21)19(23)24)10-13-22(14-11-20)12-7-18-5-3-2-4-6-18;/h2-6H,7-17H2,1H3;1H. The van der Waals surface area contributed by atoms with Crippen molar-refractivity contribution in [1.29, 1.82) is 0 Å². The zero-order chi connectivity index (χ0) is 18.0. The summed E-state index contributed by atoms with van der Waals surface area (Å²) in [7, 11) is 1.69. The minimum atomic E-state index is -0.502. The molecule has 1 amide bonds. The van der Waals surface area contributed by atoms with E-state index in [2.05, 4.69) is 35.2 Å². The number of likely N-dealkylation sites (tertiary alicyclic amines) is 1. The fraction of sp³-hybridized carbons (Fsp3) is 0.667. The van der Waals surface area contributed by atoms with Crippen molar-refractivity contribution in [2.24, 2.45) is 0 Å². The molecule has 1 saturated carbocycles. The number of hydrogen-bond acceptors (Lipinski definition) is 4. The number of amides is 1. The summed E-state index contributed by atoms with van der Waals surface area (Å²) in [4.78, 5) is 17.2. The molecule has 27 heavy (non-hydrogen) atoms. The molecule has 6 heteroatoms. The number of nitrogens with zero attached hydrogens (tertiary/aromatic N) is 2. The summed E-state index contributed by atoms with van der Waals surface area (Å²) in [5.41, 5.74) is 0.745. The number of halogens is 1. The van der Waals surface area contributed by atoms with Crippen LogP contribution in [0, 0.1) is 0 Å². The molecule has 0 bridgehead atoms. The van der Waals surface area contributed by atoms with Crippen LogP contribution in [0.2, 0.25) is 0 Å². The van der Waals surface area contributed by atoms with Gasteiger partial charge in [-0.05, 0) is 37.7 Å². The van der Waals surface area contributed by atoms with Crippen LogP contribution in [0.5, 0.6) is 0 Å². The lowest BCUT2D eigenvalue weighted by Gasteiger charge is -2.50. The number of benzene rings is 1. The van der Waals surface area contributed by atoms with E-state index in [1.165, 1.54) is 5.56 Å². The Morgan fingerprint density at radius 2 is 1.78 bits per heavy atom. The van der Waals surface area contributed by atoms with E-state index >= 15 is 0 Å². The van der Waals surface area contributed by atoms with Crippen LogP contribution in [0.25, 0.3) is 0 Å². The summed E-state index contributed by atoms with van der Waals surface area (Å²) in [6.45, 7) is 5.20. The van der Waals surface area contributed by atoms with Crippen LogP contribution in [0.4, 0.5) is 0 Å². The number of morpholine rings is 1. The highest BCUT2D eigenvalue weighted by atomic mass is 35.5. The van der Waals surface area contributed by atoms with Crippen LogP contribution >= 0.6 is 12.4 Å². The second kappa shape index (κ2) is 8.48. The Hall–Kier alpha value is -1.14. The molecule has 3 fully saturated rings. The van der Waals surface area contributed by atoms with Gasteiger partial charge in [0.15, 0.2) is 0 Å². The molecule has 0 unspecified atom stereocenters. The summed E-state index contributed by atoms with van der Waals surface area (Å²) < 4.78 is 11.7. The molecular weight excluding hydrogens is 364 g/mol. The Kier molecular flexibility index (Phi) is 6.46. The van der Waals surface area contributed by atoms with E-state index in [0.717, 1.165) is 58.3 Å². The van der Waals surface area contributed by atoms with Gasteiger partial charge in [-0.15, -0.1) is 12.4 Å². The van der Waals surface area contributed by atoms with Crippen molar-refractivity contribution >= 4 is 18.3 Å². The van der Waals surface area contributed by atoms with Crippen LogP contribution in [0.15, 0.2) is 30.3 Å². The summed E-state index contributed by atoms with van der Waals surface area (Å²) in [6, 6.07) is 10.7. The van der Waals surface area contributed by atoms with Gasteiger partial charge in [0.25, 0.3) is 5.91 Å². The number of carbonyl (C=O) groups is 1. The molecule has 4 rings (SSSR count). The molecule has 2 aliphatic heterocycles. The molecule has 0 radical (unpaired) electrons. The molecule has 1 aromatic rings. The van der Waals surface area contributed by atoms with Gasteiger partial charge in [-0.3, -0.25) is 4.79 Å². The van der Waals surface area contributed by atoms with E-state index in [9.17, 15) is 4.79 Å². The van der Waals surface area contributed by atoms with Gasteiger partial charge in [0.1, 0.15) is 5.60 Å². The zero-order valence-corrected chi connectivity index (χ0v) is 17.0. The van der Waals surface area contributed by atoms with Gasteiger partial charge in [-0.25, -0.2) is 0 Å². The van der Waals surface area contributed by atoms with Crippen LogP contribution in [-0.4, -0.2) is 73.3 Å². The SMILES string of the molecule is COCCN1CC2(CCN(CCc3ccccc3)CC2)OC2(CC2)C1=O.Cl. The smallest absolute Gasteiger partial charge is 0.255 e. The first kappa shape index (κ1) is 20.6. The molecule has 2 heterocycles. The highest BCUT2D eigenvalue weighted by Crippen LogP contribution is 2.49. The molecule has 0 N–H and O–H groups in total. The Morgan fingerprint density at radius 1 is 1.07 bits per heavy atom. The van der Waals surface area contributed by atoms with E-state index < -0.39 is 5.60 Å². The lowest BCUT2D eigenvalue weighted by atomic mass is 9.87. The third-order valence-electron chi connectivity index (χ3n) is 6.16. The lowest BCUT2D eigenvalue weighted by Crippen LogP contribution is -2.63. The van der Waals surface area contributed by atoms with Gasteiger partial charge in [-0.1, -0.05) is 30.3 Å². The molecule has 0 aromatic heterocycles. The summed E-state index contributed by atoms with van der Waals surface area (Å²) >= 11 is 0. The van der Waals surface area contributed by atoms with E-state index in [4.69, 9.17) is 9.47 Å². The molecule has 3 aliphatic rings. The monoisotopic (exact) mass is 394 g/mol. The van der Waals surface area contributed by atoms with Crippen LogP contribution in [0.3, 0.4) is 0 Å². The average Bonchev–Trinajstić information content (AvgIpc) is 3.44. The third-order valence-corrected chi connectivity index (χ3v) is 6.16. The topological polar surface area (TPSA) is 42.0 Å². The van der Waals surface area contributed by atoms with E-state index in [-0.39, 0.29) is 23.9 Å². The first-order valence-electron chi connectivity index (χ1n) is 9.90. The maximum absolute atomic E-state index is 12.7. The summed E-state index contributed by atoms with van der Waals surface area (Å²) in [5.74, 6) is 0.187. The number of piperidine rings is 1. The van der Waals surface area contributed by atoms with E-state index in [0.29, 0.717) is 13.2 Å². The second-order valence-electron chi connectivity index (χ2n) is 8.08. The third kappa shape index (κ3) is 4.48. The van der Waals surface area contributed by atoms with E-state index in [1.54, 1.807) is 7.11 Å². The highest BCUT2D eigenvalue weighted by Gasteiger charge is 2.61. The number of carbonyl (C=O) groups excluding carboxylic acids is 1. The predicted octanol–water partition coefficient (Wildman–Crippen LogP) is 2.52. The number of rotatable bonds is 6. The van der Waals surface area contributed by atoms with Crippen LogP contribution < -0.4 is 0 Å². The van der Waals surface area contributed by atoms with Crippen molar-refractivity contribution in [1.82, 2.24) is 9.80 Å². The van der Waals surface area contributed by atoms with Gasteiger partial charge in [0.05, 0.1) is 12.2 Å². The zero-order valence-electron chi connectivity index (χ0n) is 16.2. The molecule has 0 atom stereocenters. The van der Waals surface area contributed by atoms with Crippen molar-refractivity contribution in [3.63, 3.8) is 0 Å². The quantitative estimate of drug-likeness (QED) is 0.743. The first-order valence-corrected chi connectivity index (χ1v) is 9.90. The van der Waals surface area contributed by atoms with Gasteiger partial charge in [-0.2, -0.15) is 0 Å². The fourth-order valence-corrected chi connectivity index (χ4v) is 4.39. The molecule has 150 valence electrons. The highest BCUT2D eigenvalue weighted by molar-refractivity contribution is 5.89. The van der Waals surface area contributed by atoms with Crippen LogP contribution in [-0.2, 0) is 20.7 Å². The normalized spacial score (nSPS) is 23.4. The van der Waals surface area contributed by atoms with E-state index in [1.807, 2.05) is 4.90 Å². The average molecular weight is 395 g/mol. The maximum Gasteiger partial charge on any atom is 0.255 e. The van der Waals surface area contributed by atoms with Gasteiger partial charge >= 0.3 is 0 Å². The number of hydrogen-bond donors (Lipinski definition) is 0. The number of methoxy groups -OCH3 is 1.